The fourth-order valence-electron chi connectivity index (χ4n) is 2.95. The lowest BCUT2D eigenvalue weighted by Crippen LogP contribution is -2.08. The van der Waals surface area contributed by atoms with E-state index in [1.54, 1.807) is 31.4 Å². The molecule has 0 radical (unpaired) electrons. The molecule has 0 saturated carbocycles. The number of methoxy groups -OCH3 is 1. The van der Waals surface area contributed by atoms with Crippen LogP contribution in [0.4, 0.5) is 11.6 Å². The van der Waals surface area contributed by atoms with Crippen molar-refractivity contribution in [1.29, 1.82) is 0 Å². The van der Waals surface area contributed by atoms with E-state index in [2.05, 4.69) is 16.4 Å². The molecule has 5 heteroatoms. The largest absolute Gasteiger partial charge is 0.508 e. The summed E-state index contributed by atoms with van der Waals surface area (Å²) in [6, 6.07) is 12.9. The van der Waals surface area contributed by atoms with Gasteiger partial charge in [-0.25, -0.2) is 9.97 Å². The van der Waals surface area contributed by atoms with E-state index in [0.717, 1.165) is 41.1 Å². The summed E-state index contributed by atoms with van der Waals surface area (Å²) in [5, 5.41) is 12.5. The van der Waals surface area contributed by atoms with Gasteiger partial charge in [-0.15, -0.1) is 0 Å². The molecule has 0 atom stereocenters. The van der Waals surface area contributed by atoms with Gasteiger partial charge in [0, 0.05) is 17.4 Å². The van der Waals surface area contributed by atoms with Crippen LogP contribution in [0.5, 0.6) is 11.5 Å². The first-order chi connectivity index (χ1) is 11.7. The van der Waals surface area contributed by atoms with Crippen LogP contribution in [0.1, 0.15) is 11.1 Å². The molecule has 1 heterocycles. The molecule has 0 saturated heterocycles. The Balaban J connectivity index is 1.72. The number of fused-ring (bicyclic) bond motifs is 3. The number of nitrogens with one attached hydrogen (secondary N) is 1. The molecule has 1 aliphatic carbocycles. The first-order valence-electron chi connectivity index (χ1n) is 7.82. The van der Waals surface area contributed by atoms with Gasteiger partial charge in [-0.1, -0.05) is 6.07 Å². The summed E-state index contributed by atoms with van der Waals surface area (Å²) < 4.78 is 5.35. The van der Waals surface area contributed by atoms with E-state index in [1.165, 1.54) is 5.56 Å². The predicted molar refractivity (Wildman–Crippen MR) is 92.8 cm³/mol. The fraction of sp³-hybridized carbons (Fsp3) is 0.158. The van der Waals surface area contributed by atoms with Crippen LogP contribution < -0.4 is 10.1 Å². The molecule has 0 amide bonds. The van der Waals surface area contributed by atoms with Crippen LogP contribution >= 0.6 is 0 Å². The van der Waals surface area contributed by atoms with Crippen molar-refractivity contribution >= 4 is 11.6 Å². The van der Waals surface area contributed by atoms with Crippen LogP contribution in [0.25, 0.3) is 11.3 Å². The number of aromatic hydroxyl groups is 1. The first kappa shape index (κ1) is 14.5. The Kier molecular flexibility index (Phi) is 3.54. The molecule has 0 fully saturated rings. The SMILES string of the molecule is COc1ccc2c(c1)-c1nc(Nc3ccc(O)cc3)ncc1CC2. The van der Waals surface area contributed by atoms with Crippen molar-refractivity contribution in [3.05, 3.63) is 59.8 Å². The van der Waals surface area contributed by atoms with E-state index in [-0.39, 0.29) is 5.75 Å². The standard InChI is InChI=1S/C19H17N3O2/c1-24-16-9-4-12-2-3-13-11-20-19(22-18(13)17(12)10-16)21-14-5-7-15(23)8-6-14/h4-11,23H,2-3H2,1H3,(H,20,21,22). The summed E-state index contributed by atoms with van der Waals surface area (Å²) in [6.07, 6.45) is 3.81. The minimum absolute atomic E-state index is 0.230. The molecular formula is C19H17N3O2. The van der Waals surface area contributed by atoms with Crippen LogP contribution in [0.2, 0.25) is 0 Å². The Labute approximate surface area is 140 Å². The molecule has 0 aliphatic heterocycles. The third kappa shape index (κ3) is 2.65. The van der Waals surface area contributed by atoms with Crippen molar-refractivity contribution in [2.45, 2.75) is 12.8 Å². The Morgan fingerprint density at radius 1 is 1.04 bits per heavy atom. The zero-order chi connectivity index (χ0) is 16.5. The molecule has 0 bridgehead atoms. The highest BCUT2D eigenvalue weighted by Crippen LogP contribution is 2.35. The molecule has 0 unspecified atom stereocenters. The summed E-state index contributed by atoms with van der Waals surface area (Å²) in [6.45, 7) is 0. The third-order valence-corrected chi connectivity index (χ3v) is 4.22. The van der Waals surface area contributed by atoms with Gasteiger partial charge in [0.15, 0.2) is 0 Å². The summed E-state index contributed by atoms with van der Waals surface area (Å²) in [5.41, 5.74) is 5.30. The van der Waals surface area contributed by atoms with Gasteiger partial charge in [0.2, 0.25) is 5.95 Å². The molecule has 0 spiro atoms. The van der Waals surface area contributed by atoms with Gasteiger partial charge in [-0.3, -0.25) is 0 Å². The van der Waals surface area contributed by atoms with E-state index < -0.39 is 0 Å². The highest BCUT2D eigenvalue weighted by atomic mass is 16.5. The number of phenolic OH excluding ortho intramolecular Hbond substituents is 1. The highest BCUT2D eigenvalue weighted by Gasteiger charge is 2.19. The number of nitrogens with zero attached hydrogens (tertiary/aromatic N) is 2. The molecule has 1 aromatic heterocycles. The maximum atomic E-state index is 9.37. The minimum atomic E-state index is 0.230. The van der Waals surface area contributed by atoms with Crippen LogP contribution in [0.3, 0.4) is 0 Å². The quantitative estimate of drug-likeness (QED) is 0.721. The Morgan fingerprint density at radius 3 is 2.62 bits per heavy atom. The Hall–Kier alpha value is -3.08. The van der Waals surface area contributed by atoms with Crippen molar-refractivity contribution in [2.75, 3.05) is 12.4 Å². The van der Waals surface area contributed by atoms with E-state index >= 15 is 0 Å². The number of anilines is 2. The van der Waals surface area contributed by atoms with E-state index in [1.807, 2.05) is 18.3 Å². The van der Waals surface area contributed by atoms with Crippen molar-refractivity contribution < 1.29 is 9.84 Å². The zero-order valence-electron chi connectivity index (χ0n) is 13.3. The lowest BCUT2D eigenvalue weighted by atomic mass is 9.90. The van der Waals surface area contributed by atoms with Gasteiger partial charge in [-0.05, 0) is 60.4 Å². The zero-order valence-corrected chi connectivity index (χ0v) is 13.3. The van der Waals surface area contributed by atoms with Crippen LogP contribution in [-0.2, 0) is 12.8 Å². The smallest absolute Gasteiger partial charge is 0.227 e. The maximum Gasteiger partial charge on any atom is 0.227 e. The number of aromatic nitrogens is 2. The second-order valence-electron chi connectivity index (χ2n) is 5.76. The van der Waals surface area contributed by atoms with Crippen LogP contribution in [0.15, 0.2) is 48.7 Å². The van der Waals surface area contributed by atoms with Crippen molar-refractivity contribution in [2.24, 2.45) is 0 Å². The number of hydrogen-bond donors (Lipinski definition) is 2. The fourth-order valence-corrected chi connectivity index (χ4v) is 2.95. The molecule has 3 aromatic rings. The number of aryl methyl sites for hydroxylation is 2. The van der Waals surface area contributed by atoms with Gasteiger partial charge < -0.3 is 15.2 Å². The summed E-state index contributed by atoms with van der Waals surface area (Å²) in [4.78, 5) is 9.12. The number of benzene rings is 2. The van der Waals surface area contributed by atoms with Gasteiger partial charge in [0.1, 0.15) is 11.5 Å². The summed E-state index contributed by atoms with van der Waals surface area (Å²) in [7, 11) is 1.67. The molecule has 1 aliphatic rings. The second kappa shape index (κ2) is 5.85. The third-order valence-electron chi connectivity index (χ3n) is 4.22. The van der Waals surface area contributed by atoms with Crippen molar-refractivity contribution in [3.63, 3.8) is 0 Å². The normalized spacial score (nSPS) is 12.2. The van der Waals surface area contributed by atoms with Gasteiger partial charge in [-0.2, -0.15) is 0 Å². The van der Waals surface area contributed by atoms with Crippen LogP contribution in [0, 0.1) is 0 Å². The minimum Gasteiger partial charge on any atom is -0.508 e. The van der Waals surface area contributed by atoms with Gasteiger partial charge in [0.25, 0.3) is 0 Å². The molecule has 2 aromatic carbocycles. The average Bonchev–Trinajstić information content (AvgIpc) is 2.63. The molecule has 2 N–H and O–H groups in total. The van der Waals surface area contributed by atoms with Gasteiger partial charge in [0.05, 0.1) is 12.8 Å². The molecular weight excluding hydrogens is 302 g/mol. The first-order valence-corrected chi connectivity index (χ1v) is 7.82. The number of hydrogen-bond acceptors (Lipinski definition) is 5. The lowest BCUT2D eigenvalue weighted by molar-refractivity contribution is 0.415. The monoisotopic (exact) mass is 319 g/mol. The molecule has 5 nitrogen and oxygen atoms in total. The number of rotatable bonds is 3. The second-order valence-corrected chi connectivity index (χ2v) is 5.76. The Bertz CT molecular complexity index is 892. The molecule has 24 heavy (non-hydrogen) atoms. The number of phenols is 1. The van der Waals surface area contributed by atoms with Crippen molar-refractivity contribution in [3.8, 4) is 22.8 Å². The van der Waals surface area contributed by atoms with Crippen molar-refractivity contribution in [1.82, 2.24) is 9.97 Å². The van der Waals surface area contributed by atoms with E-state index in [9.17, 15) is 5.11 Å². The summed E-state index contributed by atoms with van der Waals surface area (Å²) in [5.74, 6) is 1.59. The predicted octanol–water partition coefficient (Wildman–Crippen LogP) is 3.70. The highest BCUT2D eigenvalue weighted by molar-refractivity contribution is 5.72. The van der Waals surface area contributed by atoms with Crippen LogP contribution in [-0.4, -0.2) is 22.2 Å². The lowest BCUT2D eigenvalue weighted by Gasteiger charge is -2.20. The average molecular weight is 319 g/mol. The van der Waals surface area contributed by atoms with E-state index in [4.69, 9.17) is 9.72 Å². The Morgan fingerprint density at radius 2 is 1.83 bits per heavy atom. The molecule has 120 valence electrons. The topological polar surface area (TPSA) is 67.3 Å². The molecule has 4 rings (SSSR count). The number of ether oxygens (including phenoxy) is 1. The van der Waals surface area contributed by atoms with E-state index in [0.29, 0.717) is 5.95 Å². The van der Waals surface area contributed by atoms with Gasteiger partial charge >= 0.3 is 0 Å². The summed E-state index contributed by atoms with van der Waals surface area (Å²) >= 11 is 0. The maximum absolute atomic E-state index is 9.37.